The molecule has 0 amide bonds. The van der Waals surface area contributed by atoms with Crippen LogP contribution in [-0.2, 0) is 0 Å². The number of anilines is 1. The second kappa shape index (κ2) is 6.87. The van der Waals surface area contributed by atoms with Crippen LogP contribution in [0.2, 0.25) is 0 Å². The van der Waals surface area contributed by atoms with Gasteiger partial charge < -0.3 is 10.1 Å². The minimum absolute atomic E-state index is 0.0572. The second-order valence-electron chi connectivity index (χ2n) is 6.04. The van der Waals surface area contributed by atoms with Gasteiger partial charge in [-0.3, -0.25) is 0 Å². The largest absolute Gasteiger partial charge is 0.490 e. The number of aromatic nitrogens is 4. The lowest BCUT2D eigenvalue weighted by Gasteiger charge is -2.19. The summed E-state index contributed by atoms with van der Waals surface area (Å²) in [5.41, 5.74) is 0.590. The molecular formula is C15H17FN6O. The average Bonchev–Trinajstić information content (AvgIpc) is 3.00. The van der Waals surface area contributed by atoms with Crippen molar-refractivity contribution in [2.24, 2.45) is 5.41 Å². The number of aromatic amines is 1. The van der Waals surface area contributed by atoms with Crippen LogP contribution in [0.3, 0.4) is 0 Å². The van der Waals surface area contributed by atoms with Gasteiger partial charge >= 0.3 is 0 Å². The Morgan fingerprint density at radius 3 is 2.83 bits per heavy atom. The first-order valence-corrected chi connectivity index (χ1v) is 6.92. The van der Waals surface area contributed by atoms with Gasteiger partial charge in [0.05, 0.1) is 6.61 Å². The molecule has 0 aliphatic rings. The predicted molar refractivity (Wildman–Crippen MR) is 82.7 cm³/mol. The third kappa shape index (κ3) is 4.78. The van der Waals surface area contributed by atoms with Crippen LogP contribution in [0.4, 0.5) is 10.1 Å². The quantitative estimate of drug-likeness (QED) is 0.823. The number of allylic oxidation sites excluding steroid dienone is 1. The van der Waals surface area contributed by atoms with Gasteiger partial charge in [0, 0.05) is 18.0 Å². The molecule has 7 nitrogen and oxygen atoms in total. The highest BCUT2D eigenvalue weighted by Crippen LogP contribution is 2.24. The molecule has 0 saturated heterocycles. The highest BCUT2D eigenvalue weighted by Gasteiger charge is 2.13. The summed E-state index contributed by atoms with van der Waals surface area (Å²) in [6.07, 6.45) is 1.38. The first-order valence-electron chi connectivity index (χ1n) is 6.92. The number of benzene rings is 1. The molecule has 2 N–H and O–H groups in total. The fourth-order valence-electron chi connectivity index (χ4n) is 1.58. The van der Waals surface area contributed by atoms with Crippen molar-refractivity contribution in [3.8, 4) is 11.8 Å². The molecule has 0 saturated carbocycles. The Bertz CT molecular complexity index is 727. The molecular weight excluding hydrogens is 299 g/mol. The van der Waals surface area contributed by atoms with Gasteiger partial charge in [0.25, 0.3) is 0 Å². The Labute approximate surface area is 133 Å². The molecule has 120 valence electrons. The second-order valence-corrected chi connectivity index (χ2v) is 6.04. The number of H-pyrrole nitrogens is 1. The Kier molecular flexibility index (Phi) is 4.91. The van der Waals surface area contributed by atoms with E-state index >= 15 is 0 Å². The molecule has 2 aromatic rings. The van der Waals surface area contributed by atoms with Crippen molar-refractivity contribution in [3.05, 3.63) is 36.0 Å². The van der Waals surface area contributed by atoms with Crippen LogP contribution < -0.4 is 10.1 Å². The van der Waals surface area contributed by atoms with E-state index in [4.69, 9.17) is 10.00 Å². The smallest absolute Gasteiger partial charge is 0.216 e. The lowest BCUT2D eigenvalue weighted by molar-refractivity contribution is 0.191. The molecule has 8 heteroatoms. The van der Waals surface area contributed by atoms with Gasteiger partial charge in [-0.25, -0.2) is 4.39 Å². The molecule has 0 aliphatic heterocycles. The van der Waals surface area contributed by atoms with Crippen LogP contribution in [0, 0.1) is 22.6 Å². The zero-order valence-corrected chi connectivity index (χ0v) is 13.1. The number of ether oxygens (including phenoxy) is 1. The van der Waals surface area contributed by atoms with Crippen molar-refractivity contribution in [2.45, 2.75) is 20.8 Å². The van der Waals surface area contributed by atoms with E-state index in [2.05, 4.69) is 25.9 Å². The van der Waals surface area contributed by atoms with Gasteiger partial charge in [-0.05, 0) is 22.8 Å². The number of rotatable bonds is 5. The normalized spacial score (nSPS) is 11.9. The van der Waals surface area contributed by atoms with E-state index < -0.39 is 5.82 Å². The van der Waals surface area contributed by atoms with Crippen LogP contribution in [0.1, 0.15) is 26.6 Å². The fourth-order valence-corrected chi connectivity index (χ4v) is 1.58. The van der Waals surface area contributed by atoms with Gasteiger partial charge in [0.2, 0.25) is 5.82 Å². The van der Waals surface area contributed by atoms with Crippen molar-refractivity contribution in [1.29, 1.82) is 5.26 Å². The average molecular weight is 316 g/mol. The Balaban J connectivity index is 2.07. The lowest BCUT2D eigenvalue weighted by Crippen LogP contribution is -2.17. The minimum atomic E-state index is -0.481. The first kappa shape index (κ1) is 16.4. The molecule has 23 heavy (non-hydrogen) atoms. The summed E-state index contributed by atoms with van der Waals surface area (Å²) in [7, 11) is 0. The summed E-state index contributed by atoms with van der Waals surface area (Å²) in [6.45, 7) is 6.43. The first-order chi connectivity index (χ1) is 10.9. The van der Waals surface area contributed by atoms with Gasteiger partial charge in [0.15, 0.2) is 11.6 Å². The topological polar surface area (TPSA) is 99.5 Å². The molecule has 0 fully saturated rings. The van der Waals surface area contributed by atoms with E-state index in [-0.39, 0.29) is 22.6 Å². The SMILES string of the molecule is CC(C)(C)COc1ccc(NC=C(C#N)c2nn[nH]n2)cc1F. The summed E-state index contributed by atoms with van der Waals surface area (Å²) in [5.74, 6) is -0.135. The monoisotopic (exact) mass is 316 g/mol. The Hall–Kier alpha value is -2.95. The van der Waals surface area contributed by atoms with Crippen molar-refractivity contribution < 1.29 is 9.13 Å². The number of nitriles is 1. The summed E-state index contributed by atoms with van der Waals surface area (Å²) in [6, 6.07) is 6.42. The van der Waals surface area contributed by atoms with Gasteiger partial charge in [-0.2, -0.15) is 10.5 Å². The standard InChI is InChI=1S/C15H17FN6O/c1-15(2,3)9-23-13-5-4-11(6-12(13)16)18-8-10(7-17)14-19-21-22-20-14/h4-6,8,18H,9H2,1-3H3,(H,19,20,21,22). The zero-order valence-electron chi connectivity index (χ0n) is 13.1. The van der Waals surface area contributed by atoms with Gasteiger partial charge in [-0.15, -0.1) is 10.2 Å². The molecule has 0 aliphatic carbocycles. The molecule has 0 unspecified atom stereocenters. The highest BCUT2D eigenvalue weighted by molar-refractivity contribution is 5.74. The van der Waals surface area contributed by atoms with E-state index in [1.165, 1.54) is 18.3 Å². The molecule has 2 rings (SSSR count). The zero-order chi connectivity index (χ0) is 16.9. The molecule has 0 radical (unpaired) electrons. The molecule has 0 bridgehead atoms. The van der Waals surface area contributed by atoms with Crippen LogP contribution in [-0.4, -0.2) is 27.2 Å². The summed E-state index contributed by atoms with van der Waals surface area (Å²) < 4.78 is 19.5. The van der Waals surface area contributed by atoms with Crippen LogP contribution in [0.15, 0.2) is 24.4 Å². The third-order valence-electron chi connectivity index (χ3n) is 2.68. The van der Waals surface area contributed by atoms with Gasteiger partial charge in [-0.1, -0.05) is 20.8 Å². The van der Waals surface area contributed by atoms with Crippen molar-refractivity contribution in [3.63, 3.8) is 0 Å². The highest BCUT2D eigenvalue weighted by atomic mass is 19.1. The maximum Gasteiger partial charge on any atom is 0.216 e. The van der Waals surface area contributed by atoms with Crippen molar-refractivity contribution in [2.75, 3.05) is 11.9 Å². The number of nitrogens with one attached hydrogen (secondary N) is 2. The predicted octanol–water partition coefficient (Wildman–Crippen LogP) is 2.74. The number of nitrogens with zero attached hydrogens (tertiary/aromatic N) is 4. The maximum atomic E-state index is 14.0. The number of halogens is 1. The third-order valence-corrected chi connectivity index (χ3v) is 2.68. The number of hydrogen-bond acceptors (Lipinski definition) is 6. The molecule has 1 aromatic heterocycles. The van der Waals surface area contributed by atoms with Crippen LogP contribution >= 0.6 is 0 Å². The van der Waals surface area contributed by atoms with E-state index in [9.17, 15) is 4.39 Å². The van der Waals surface area contributed by atoms with Crippen molar-refractivity contribution in [1.82, 2.24) is 20.6 Å². The fraction of sp³-hybridized carbons (Fsp3) is 0.333. The lowest BCUT2D eigenvalue weighted by atomic mass is 9.99. The number of tetrazole rings is 1. The molecule has 1 aromatic carbocycles. The van der Waals surface area contributed by atoms with E-state index in [1.807, 2.05) is 26.8 Å². The Morgan fingerprint density at radius 1 is 1.48 bits per heavy atom. The van der Waals surface area contributed by atoms with E-state index in [0.717, 1.165) is 0 Å². The van der Waals surface area contributed by atoms with E-state index in [0.29, 0.717) is 12.3 Å². The minimum Gasteiger partial charge on any atom is -0.490 e. The maximum absolute atomic E-state index is 14.0. The molecule has 0 atom stereocenters. The summed E-state index contributed by atoms with van der Waals surface area (Å²) >= 11 is 0. The van der Waals surface area contributed by atoms with E-state index in [1.54, 1.807) is 6.07 Å². The van der Waals surface area contributed by atoms with Gasteiger partial charge in [0.1, 0.15) is 11.6 Å². The van der Waals surface area contributed by atoms with Crippen LogP contribution in [0.5, 0.6) is 5.75 Å². The summed E-state index contributed by atoms with van der Waals surface area (Å²) in [5, 5.41) is 24.9. The molecule has 0 spiro atoms. The van der Waals surface area contributed by atoms with Crippen LogP contribution in [0.25, 0.3) is 5.57 Å². The number of hydrogen-bond donors (Lipinski definition) is 2. The Morgan fingerprint density at radius 2 is 2.26 bits per heavy atom. The molecule has 1 heterocycles. The van der Waals surface area contributed by atoms with Crippen molar-refractivity contribution >= 4 is 11.3 Å². The summed E-state index contributed by atoms with van der Waals surface area (Å²) in [4.78, 5) is 0.